The summed E-state index contributed by atoms with van der Waals surface area (Å²) in [6.07, 6.45) is 1.21. The van der Waals surface area contributed by atoms with Crippen LogP contribution >= 0.6 is 0 Å². The van der Waals surface area contributed by atoms with E-state index in [0.717, 1.165) is 5.56 Å². The molecule has 9 nitrogen and oxygen atoms in total. The Hall–Kier alpha value is -3.01. The van der Waals surface area contributed by atoms with Crippen molar-refractivity contribution in [2.45, 2.75) is 19.5 Å². The van der Waals surface area contributed by atoms with Gasteiger partial charge in [-0.05, 0) is 24.6 Å². The van der Waals surface area contributed by atoms with Gasteiger partial charge < -0.3 is 9.64 Å². The molecule has 1 unspecified atom stereocenters. The Morgan fingerprint density at radius 2 is 2.07 bits per heavy atom. The van der Waals surface area contributed by atoms with Crippen LogP contribution in [0.3, 0.4) is 0 Å². The minimum Gasteiger partial charge on any atom is -0.475 e. The predicted octanol–water partition coefficient (Wildman–Crippen LogP) is 1.84. The Labute approximate surface area is 161 Å². The van der Waals surface area contributed by atoms with Crippen molar-refractivity contribution in [2.75, 3.05) is 33.3 Å². The Kier molecular flexibility index (Phi) is 5.88. The van der Waals surface area contributed by atoms with Crippen molar-refractivity contribution in [3.8, 4) is 5.88 Å². The molecule has 28 heavy (non-hydrogen) atoms. The van der Waals surface area contributed by atoms with E-state index in [4.69, 9.17) is 4.74 Å². The van der Waals surface area contributed by atoms with Gasteiger partial charge in [0, 0.05) is 32.7 Å². The number of carbonyl (C=O) groups is 1. The third-order valence-corrected chi connectivity index (χ3v) is 4.80. The standard InChI is InChI=1S/C18H22FN5O4/c1-13(23-12-16(24(26)27)17(20-23)28-2)18(25)22-8-6-21(7-9-22)11-14-4-3-5-15(19)10-14/h3-5,10,12-13H,6-9,11H2,1-2H3. The number of carbonyl (C=O) groups excluding carboxylic acids is 1. The molecule has 1 aliphatic rings. The lowest BCUT2D eigenvalue weighted by Crippen LogP contribution is -2.49. The maximum Gasteiger partial charge on any atom is 0.350 e. The highest BCUT2D eigenvalue weighted by atomic mass is 19.1. The molecule has 0 bridgehead atoms. The Morgan fingerprint density at radius 1 is 1.36 bits per heavy atom. The number of nitrogens with zero attached hydrogens (tertiary/aromatic N) is 5. The third-order valence-electron chi connectivity index (χ3n) is 4.80. The quantitative estimate of drug-likeness (QED) is 0.551. The molecule has 0 aliphatic carbocycles. The van der Waals surface area contributed by atoms with E-state index in [2.05, 4.69) is 10.00 Å². The van der Waals surface area contributed by atoms with Crippen LogP contribution in [0.1, 0.15) is 18.5 Å². The van der Waals surface area contributed by atoms with Gasteiger partial charge in [0.15, 0.2) is 0 Å². The predicted molar refractivity (Wildman–Crippen MR) is 98.4 cm³/mol. The van der Waals surface area contributed by atoms with Crippen molar-refractivity contribution in [3.05, 3.63) is 52.0 Å². The summed E-state index contributed by atoms with van der Waals surface area (Å²) in [6.45, 7) is 4.66. The molecule has 2 heterocycles. The van der Waals surface area contributed by atoms with Gasteiger partial charge in [-0.25, -0.2) is 9.07 Å². The van der Waals surface area contributed by atoms with E-state index in [9.17, 15) is 19.3 Å². The largest absolute Gasteiger partial charge is 0.475 e. The number of benzene rings is 1. The lowest BCUT2D eigenvalue weighted by Gasteiger charge is -2.35. The van der Waals surface area contributed by atoms with Crippen molar-refractivity contribution in [1.29, 1.82) is 0 Å². The van der Waals surface area contributed by atoms with Crippen LogP contribution in [0.2, 0.25) is 0 Å². The highest BCUT2D eigenvalue weighted by Gasteiger charge is 2.29. The number of hydrogen-bond donors (Lipinski definition) is 0. The van der Waals surface area contributed by atoms with Gasteiger partial charge in [-0.2, -0.15) is 0 Å². The number of nitro groups is 1. The summed E-state index contributed by atoms with van der Waals surface area (Å²) in [5.74, 6) is -0.543. The van der Waals surface area contributed by atoms with E-state index >= 15 is 0 Å². The highest BCUT2D eigenvalue weighted by Crippen LogP contribution is 2.26. The molecular formula is C18H22FN5O4. The van der Waals surface area contributed by atoms with Gasteiger partial charge in [0.1, 0.15) is 18.1 Å². The topological polar surface area (TPSA) is 93.7 Å². The number of amides is 1. The van der Waals surface area contributed by atoms with E-state index < -0.39 is 11.0 Å². The molecule has 0 radical (unpaired) electrons. The van der Waals surface area contributed by atoms with Gasteiger partial charge in [0.2, 0.25) is 5.91 Å². The molecule has 0 N–H and O–H groups in total. The van der Waals surface area contributed by atoms with Crippen LogP contribution in [0.4, 0.5) is 10.1 Å². The number of rotatable bonds is 6. The summed E-state index contributed by atoms with van der Waals surface area (Å²) in [7, 11) is 1.30. The van der Waals surface area contributed by atoms with E-state index in [1.54, 1.807) is 17.9 Å². The third kappa shape index (κ3) is 4.28. The average Bonchev–Trinajstić information content (AvgIpc) is 3.12. The van der Waals surface area contributed by atoms with Gasteiger partial charge in [-0.1, -0.05) is 12.1 Å². The highest BCUT2D eigenvalue weighted by molar-refractivity contribution is 5.80. The first-order valence-electron chi connectivity index (χ1n) is 8.92. The molecule has 1 aromatic carbocycles. The molecule has 150 valence electrons. The summed E-state index contributed by atoms with van der Waals surface area (Å²) in [4.78, 5) is 27.1. The maximum absolute atomic E-state index is 13.3. The molecule has 3 rings (SSSR count). The molecule has 1 aliphatic heterocycles. The van der Waals surface area contributed by atoms with E-state index in [1.807, 2.05) is 6.07 Å². The van der Waals surface area contributed by atoms with Crippen LogP contribution in [-0.2, 0) is 11.3 Å². The van der Waals surface area contributed by atoms with E-state index in [0.29, 0.717) is 32.7 Å². The smallest absolute Gasteiger partial charge is 0.350 e. The SMILES string of the molecule is COc1nn(C(C)C(=O)N2CCN(Cc3cccc(F)c3)CC2)cc1[N+](=O)[O-]. The van der Waals surface area contributed by atoms with Crippen molar-refractivity contribution in [1.82, 2.24) is 19.6 Å². The number of aromatic nitrogens is 2. The molecule has 1 fully saturated rings. The Balaban J connectivity index is 1.59. The normalized spacial score (nSPS) is 16.0. The summed E-state index contributed by atoms with van der Waals surface area (Å²) in [5.41, 5.74) is 0.617. The van der Waals surface area contributed by atoms with E-state index in [-0.39, 0.29) is 23.3 Å². The van der Waals surface area contributed by atoms with Gasteiger partial charge in [-0.3, -0.25) is 19.8 Å². The molecule has 0 saturated carbocycles. The maximum atomic E-state index is 13.3. The first kappa shape index (κ1) is 19.7. The summed E-state index contributed by atoms with van der Waals surface area (Å²) in [5, 5.41) is 15.0. The molecule has 1 aromatic heterocycles. The van der Waals surface area contributed by atoms with Crippen molar-refractivity contribution >= 4 is 11.6 Å². The summed E-state index contributed by atoms with van der Waals surface area (Å²) >= 11 is 0. The number of hydrogen-bond acceptors (Lipinski definition) is 6. The molecular weight excluding hydrogens is 369 g/mol. The van der Waals surface area contributed by atoms with Crippen LogP contribution in [-0.4, -0.2) is 63.7 Å². The fourth-order valence-corrected chi connectivity index (χ4v) is 3.23. The molecule has 1 saturated heterocycles. The van der Waals surface area contributed by atoms with Crippen molar-refractivity contribution < 1.29 is 18.8 Å². The monoisotopic (exact) mass is 391 g/mol. The second-order valence-electron chi connectivity index (χ2n) is 6.67. The molecule has 0 spiro atoms. The van der Waals surface area contributed by atoms with Crippen molar-refractivity contribution in [3.63, 3.8) is 0 Å². The zero-order valence-electron chi connectivity index (χ0n) is 15.7. The summed E-state index contributed by atoms with van der Waals surface area (Å²) in [6, 6.07) is 5.80. The first-order chi connectivity index (χ1) is 13.4. The zero-order chi connectivity index (χ0) is 20.3. The molecule has 1 atom stereocenters. The van der Waals surface area contributed by atoms with Crippen LogP contribution in [0.5, 0.6) is 5.88 Å². The fraction of sp³-hybridized carbons (Fsp3) is 0.444. The second kappa shape index (κ2) is 8.34. The average molecular weight is 391 g/mol. The molecule has 10 heteroatoms. The minimum absolute atomic E-state index is 0.121. The number of piperazine rings is 1. The van der Waals surface area contributed by atoms with Gasteiger partial charge >= 0.3 is 11.6 Å². The lowest BCUT2D eigenvalue weighted by atomic mass is 10.2. The van der Waals surface area contributed by atoms with Crippen LogP contribution in [0.15, 0.2) is 30.5 Å². The number of ether oxygens (including phenoxy) is 1. The van der Waals surface area contributed by atoms with Gasteiger partial charge in [0.25, 0.3) is 0 Å². The van der Waals surface area contributed by atoms with Crippen LogP contribution < -0.4 is 4.74 Å². The van der Waals surface area contributed by atoms with Gasteiger partial charge in [-0.15, -0.1) is 5.10 Å². The van der Waals surface area contributed by atoms with Crippen LogP contribution in [0, 0.1) is 15.9 Å². The molecule has 1 amide bonds. The Morgan fingerprint density at radius 3 is 2.64 bits per heavy atom. The lowest BCUT2D eigenvalue weighted by molar-refractivity contribution is -0.385. The first-order valence-corrected chi connectivity index (χ1v) is 8.92. The van der Waals surface area contributed by atoms with Gasteiger partial charge in [0.05, 0.1) is 12.0 Å². The second-order valence-corrected chi connectivity index (χ2v) is 6.67. The molecule has 2 aromatic rings. The Bertz CT molecular complexity index is 863. The van der Waals surface area contributed by atoms with E-state index in [1.165, 1.54) is 30.1 Å². The fourth-order valence-electron chi connectivity index (χ4n) is 3.23. The summed E-state index contributed by atoms with van der Waals surface area (Å²) < 4.78 is 19.5. The number of methoxy groups -OCH3 is 1. The zero-order valence-corrected chi connectivity index (χ0v) is 15.7. The number of halogens is 1. The van der Waals surface area contributed by atoms with Crippen LogP contribution in [0.25, 0.3) is 0 Å². The van der Waals surface area contributed by atoms with Crippen molar-refractivity contribution in [2.24, 2.45) is 0 Å². The minimum atomic E-state index is -0.683.